The maximum absolute atomic E-state index is 12.3. The smallest absolute Gasteiger partial charge is 0.317 e. The molecule has 1 heterocycles. The van der Waals surface area contributed by atoms with E-state index < -0.39 is 11.4 Å². The fourth-order valence-electron chi connectivity index (χ4n) is 2.64. The van der Waals surface area contributed by atoms with Gasteiger partial charge in [-0.15, -0.1) is 0 Å². The van der Waals surface area contributed by atoms with E-state index in [1.165, 1.54) is 7.11 Å². The van der Waals surface area contributed by atoms with Gasteiger partial charge in [0.2, 0.25) is 0 Å². The predicted octanol–water partition coefficient (Wildman–Crippen LogP) is 1.66. The van der Waals surface area contributed by atoms with Crippen molar-refractivity contribution in [2.45, 2.75) is 25.8 Å². The Balaban J connectivity index is 1.99. The highest BCUT2D eigenvalue weighted by Crippen LogP contribution is 2.24. The van der Waals surface area contributed by atoms with Crippen LogP contribution in [-0.2, 0) is 28.5 Å². The van der Waals surface area contributed by atoms with E-state index in [1.807, 2.05) is 50.4 Å². The lowest BCUT2D eigenvalue weighted by Gasteiger charge is -2.27. The van der Waals surface area contributed by atoms with Crippen LogP contribution < -0.4 is 10.6 Å². The van der Waals surface area contributed by atoms with Crippen LogP contribution in [0.1, 0.15) is 23.9 Å². The number of carbonyl (C=O) groups is 2. The van der Waals surface area contributed by atoms with Gasteiger partial charge in [-0.05, 0) is 25.5 Å². The number of esters is 1. The van der Waals surface area contributed by atoms with Crippen molar-refractivity contribution in [3.8, 4) is 0 Å². The highest BCUT2D eigenvalue weighted by atomic mass is 16.5. The summed E-state index contributed by atoms with van der Waals surface area (Å²) in [7, 11) is 3.17. The minimum absolute atomic E-state index is 0.125. The number of amides is 2. The Morgan fingerprint density at radius 2 is 1.92 bits per heavy atom. The fourth-order valence-corrected chi connectivity index (χ4v) is 2.64. The largest absolute Gasteiger partial charge is 0.468 e. The Bertz CT molecular complexity index is 742. The summed E-state index contributed by atoms with van der Waals surface area (Å²) in [5.74, 6) is -0.402. The van der Waals surface area contributed by atoms with E-state index in [9.17, 15) is 9.59 Å². The van der Waals surface area contributed by atoms with Crippen LogP contribution in [-0.4, -0.2) is 35.4 Å². The molecule has 7 heteroatoms. The number of hydrogen-bond donors (Lipinski definition) is 2. The van der Waals surface area contributed by atoms with E-state index in [0.717, 1.165) is 17.0 Å². The fraction of sp³-hybridized carbons (Fsp3) is 0.389. The summed E-state index contributed by atoms with van der Waals surface area (Å²) in [6.07, 6.45) is 0. The Hall–Kier alpha value is -2.83. The van der Waals surface area contributed by atoms with Crippen molar-refractivity contribution in [1.82, 2.24) is 20.4 Å². The van der Waals surface area contributed by atoms with Gasteiger partial charge in [0.05, 0.1) is 25.0 Å². The zero-order chi connectivity index (χ0) is 18.4. The Labute approximate surface area is 147 Å². The molecule has 0 radical (unpaired) electrons. The van der Waals surface area contributed by atoms with Crippen LogP contribution in [0.5, 0.6) is 0 Å². The summed E-state index contributed by atoms with van der Waals surface area (Å²) >= 11 is 0. The molecule has 0 fully saturated rings. The average Bonchev–Trinajstić information content (AvgIpc) is 2.95. The minimum atomic E-state index is -0.962. The van der Waals surface area contributed by atoms with Gasteiger partial charge in [0.15, 0.2) is 0 Å². The molecule has 1 aromatic carbocycles. The second-order valence-electron chi connectivity index (χ2n) is 6.13. The molecule has 2 N–H and O–H groups in total. The van der Waals surface area contributed by atoms with Crippen molar-refractivity contribution in [3.63, 3.8) is 0 Å². The molecule has 1 aromatic heterocycles. The molecule has 1 atom stereocenters. The van der Waals surface area contributed by atoms with E-state index in [0.29, 0.717) is 6.54 Å². The van der Waals surface area contributed by atoms with Crippen LogP contribution in [0.25, 0.3) is 0 Å². The maximum atomic E-state index is 12.3. The molecule has 0 aliphatic rings. The molecular formula is C18H24N4O3. The Morgan fingerprint density at radius 3 is 2.48 bits per heavy atom. The molecule has 25 heavy (non-hydrogen) atoms. The molecule has 0 unspecified atom stereocenters. The number of rotatable bonds is 6. The molecule has 2 rings (SSSR count). The number of aryl methyl sites for hydroxylation is 2. The summed E-state index contributed by atoms with van der Waals surface area (Å²) in [6.45, 7) is 4.12. The topological polar surface area (TPSA) is 85.2 Å². The van der Waals surface area contributed by atoms with Gasteiger partial charge in [-0.1, -0.05) is 30.3 Å². The minimum Gasteiger partial charge on any atom is -0.468 e. The molecule has 0 saturated carbocycles. The quantitative estimate of drug-likeness (QED) is 0.781. The van der Waals surface area contributed by atoms with E-state index in [1.54, 1.807) is 11.6 Å². The number of carbonyl (C=O) groups excluding carboxylic acids is 2. The molecule has 0 aliphatic carbocycles. The van der Waals surface area contributed by atoms with Crippen molar-refractivity contribution in [2.24, 2.45) is 7.05 Å². The lowest BCUT2D eigenvalue weighted by Crippen LogP contribution is -2.47. The van der Waals surface area contributed by atoms with Crippen molar-refractivity contribution in [3.05, 3.63) is 53.3 Å². The molecule has 2 amide bonds. The number of hydrogen-bond acceptors (Lipinski definition) is 4. The second-order valence-corrected chi connectivity index (χ2v) is 6.13. The zero-order valence-corrected chi connectivity index (χ0v) is 15.0. The molecule has 0 bridgehead atoms. The maximum Gasteiger partial charge on any atom is 0.317 e. The number of methoxy groups -OCH3 is 1. The number of ether oxygens (including phenoxy) is 1. The van der Waals surface area contributed by atoms with Crippen LogP contribution in [0.2, 0.25) is 0 Å². The molecular weight excluding hydrogens is 320 g/mol. The molecule has 0 aliphatic heterocycles. The lowest BCUT2D eigenvalue weighted by molar-refractivity contribution is -0.146. The second kappa shape index (κ2) is 7.83. The summed E-state index contributed by atoms with van der Waals surface area (Å²) in [6, 6.07) is 10.8. The van der Waals surface area contributed by atoms with Crippen LogP contribution in [0, 0.1) is 6.92 Å². The van der Waals surface area contributed by atoms with Gasteiger partial charge in [-0.3, -0.25) is 9.48 Å². The van der Waals surface area contributed by atoms with Gasteiger partial charge in [0, 0.05) is 13.6 Å². The van der Waals surface area contributed by atoms with E-state index in [-0.39, 0.29) is 12.6 Å². The van der Waals surface area contributed by atoms with Crippen LogP contribution in [0.15, 0.2) is 36.4 Å². The number of nitrogens with zero attached hydrogens (tertiary/aromatic N) is 2. The van der Waals surface area contributed by atoms with E-state index in [4.69, 9.17) is 4.74 Å². The molecule has 0 saturated heterocycles. The summed E-state index contributed by atoms with van der Waals surface area (Å²) in [4.78, 5) is 24.4. The third kappa shape index (κ3) is 4.37. The first-order chi connectivity index (χ1) is 11.9. The summed E-state index contributed by atoms with van der Waals surface area (Å²) in [5, 5.41) is 9.76. The van der Waals surface area contributed by atoms with E-state index >= 15 is 0 Å². The normalized spacial score (nSPS) is 13.0. The number of nitrogens with one attached hydrogen (secondary N) is 2. The third-order valence-electron chi connectivity index (χ3n) is 4.18. The first kappa shape index (κ1) is 18.5. The number of benzene rings is 1. The standard InChI is InChI=1S/C18H24N4O3/c1-13-10-15(22(3)21-13)11-19-17(24)20-12-18(2,16(23)25-4)14-8-6-5-7-9-14/h5-10H,11-12H2,1-4H3,(H2,19,20,24)/t18-/m1/s1. The van der Waals surface area contributed by atoms with Gasteiger partial charge in [0.1, 0.15) is 5.41 Å². The van der Waals surface area contributed by atoms with E-state index in [2.05, 4.69) is 15.7 Å². The van der Waals surface area contributed by atoms with Crippen molar-refractivity contribution in [2.75, 3.05) is 13.7 Å². The summed E-state index contributed by atoms with van der Waals surface area (Å²) < 4.78 is 6.65. The van der Waals surface area contributed by atoms with Crippen LogP contribution >= 0.6 is 0 Å². The Kier molecular flexibility index (Phi) is 5.80. The van der Waals surface area contributed by atoms with Crippen LogP contribution in [0.3, 0.4) is 0 Å². The third-order valence-corrected chi connectivity index (χ3v) is 4.18. The van der Waals surface area contributed by atoms with Crippen molar-refractivity contribution >= 4 is 12.0 Å². The van der Waals surface area contributed by atoms with Crippen molar-refractivity contribution in [1.29, 1.82) is 0 Å². The van der Waals surface area contributed by atoms with Gasteiger partial charge in [0.25, 0.3) is 0 Å². The van der Waals surface area contributed by atoms with Gasteiger partial charge in [-0.25, -0.2) is 4.79 Å². The molecule has 7 nitrogen and oxygen atoms in total. The van der Waals surface area contributed by atoms with Gasteiger partial charge < -0.3 is 15.4 Å². The van der Waals surface area contributed by atoms with Gasteiger partial charge >= 0.3 is 12.0 Å². The van der Waals surface area contributed by atoms with Crippen LogP contribution in [0.4, 0.5) is 4.79 Å². The zero-order valence-electron chi connectivity index (χ0n) is 15.0. The molecule has 0 spiro atoms. The highest BCUT2D eigenvalue weighted by Gasteiger charge is 2.36. The summed E-state index contributed by atoms with van der Waals surface area (Å²) in [5.41, 5.74) is 1.61. The number of aromatic nitrogens is 2. The van der Waals surface area contributed by atoms with Crippen molar-refractivity contribution < 1.29 is 14.3 Å². The first-order valence-corrected chi connectivity index (χ1v) is 8.02. The Morgan fingerprint density at radius 1 is 1.24 bits per heavy atom. The highest BCUT2D eigenvalue weighted by molar-refractivity contribution is 5.84. The first-order valence-electron chi connectivity index (χ1n) is 8.02. The SMILES string of the molecule is COC(=O)[C@](C)(CNC(=O)NCc1cc(C)nn1C)c1ccccc1. The molecule has 2 aromatic rings. The number of urea groups is 1. The van der Waals surface area contributed by atoms with Gasteiger partial charge in [-0.2, -0.15) is 5.10 Å². The monoisotopic (exact) mass is 344 g/mol. The predicted molar refractivity (Wildman–Crippen MR) is 94.0 cm³/mol. The molecule has 134 valence electrons. The lowest BCUT2D eigenvalue weighted by atomic mass is 9.82. The average molecular weight is 344 g/mol.